The molecular formula is C16H13F3N2O4. The highest BCUT2D eigenvalue weighted by Gasteiger charge is 2.43. The second kappa shape index (κ2) is 6.23. The second-order valence-corrected chi connectivity index (χ2v) is 5.60. The minimum absolute atomic E-state index is 0.107. The normalized spacial score (nSPS) is 21.0. The Balaban J connectivity index is 2.31. The molecule has 6 nitrogen and oxygen atoms in total. The van der Waals surface area contributed by atoms with E-state index < -0.39 is 47.7 Å². The van der Waals surface area contributed by atoms with E-state index in [1.165, 1.54) is 0 Å². The largest absolute Gasteiger partial charge is 0.478 e. The number of alkyl halides is 2. The number of pyridine rings is 1. The van der Waals surface area contributed by atoms with Gasteiger partial charge in [0.2, 0.25) is 0 Å². The van der Waals surface area contributed by atoms with Crippen LogP contribution >= 0.6 is 0 Å². The molecule has 0 aliphatic carbocycles. The van der Waals surface area contributed by atoms with E-state index in [0.717, 1.165) is 19.3 Å². The number of carboxylic acids is 1. The summed E-state index contributed by atoms with van der Waals surface area (Å²) in [5.41, 5.74) is -1.31. The van der Waals surface area contributed by atoms with E-state index in [9.17, 15) is 27.9 Å². The van der Waals surface area contributed by atoms with Crippen LogP contribution in [0.2, 0.25) is 0 Å². The third-order valence-electron chi connectivity index (χ3n) is 4.14. The molecule has 2 N–H and O–H groups in total. The van der Waals surface area contributed by atoms with Gasteiger partial charge in [0.05, 0.1) is 34.7 Å². The van der Waals surface area contributed by atoms with Crippen LogP contribution in [0.1, 0.15) is 30.1 Å². The number of dihydropyridines is 1. The highest BCUT2D eigenvalue weighted by molar-refractivity contribution is 6.00. The van der Waals surface area contributed by atoms with Gasteiger partial charge in [-0.3, -0.25) is 4.98 Å². The molecule has 0 saturated heterocycles. The SMILES string of the molecule is C[C@H](F)c1c(F)cncc1C1C(C(=O)O)=C(CF)NC2=C1C(=O)OC2. The number of ether oxygens (including phenoxy) is 1. The highest BCUT2D eigenvalue weighted by atomic mass is 19.1. The van der Waals surface area contributed by atoms with Gasteiger partial charge in [-0.2, -0.15) is 0 Å². The lowest BCUT2D eigenvalue weighted by Gasteiger charge is -2.28. The standard InChI is InChI=1S/C16H13F3N2O4/c1-6(18)11-7(3-20-4-8(11)19)12-13(15(22)23)9(2-17)21-10-5-25-16(24)14(10)12/h3-4,6,12,21H,2,5H2,1H3,(H,22,23)/t6-,12?/m0/s1. The molecule has 0 fully saturated rings. The van der Waals surface area contributed by atoms with Crippen molar-refractivity contribution in [2.24, 2.45) is 0 Å². The molecule has 3 heterocycles. The van der Waals surface area contributed by atoms with Crippen LogP contribution in [0.3, 0.4) is 0 Å². The van der Waals surface area contributed by atoms with E-state index in [-0.39, 0.29) is 29.1 Å². The molecule has 2 atom stereocenters. The third kappa shape index (κ3) is 2.65. The molecule has 0 radical (unpaired) electrons. The summed E-state index contributed by atoms with van der Waals surface area (Å²) in [6.07, 6.45) is 0.0797. The van der Waals surface area contributed by atoms with Crippen molar-refractivity contribution < 1.29 is 32.6 Å². The van der Waals surface area contributed by atoms with Gasteiger partial charge in [0.25, 0.3) is 0 Å². The lowest BCUT2D eigenvalue weighted by molar-refractivity contribution is -0.136. The number of nitrogens with one attached hydrogen (secondary N) is 1. The summed E-state index contributed by atoms with van der Waals surface area (Å²) in [4.78, 5) is 27.4. The summed E-state index contributed by atoms with van der Waals surface area (Å²) in [6.45, 7) is -0.290. The highest BCUT2D eigenvalue weighted by Crippen LogP contribution is 2.43. The van der Waals surface area contributed by atoms with Crippen LogP contribution in [0.5, 0.6) is 0 Å². The maximum absolute atomic E-state index is 14.1. The molecule has 2 aliphatic rings. The van der Waals surface area contributed by atoms with Crippen LogP contribution in [0, 0.1) is 5.82 Å². The maximum atomic E-state index is 14.1. The van der Waals surface area contributed by atoms with E-state index in [1.54, 1.807) is 0 Å². The fourth-order valence-corrected chi connectivity index (χ4v) is 3.16. The molecule has 1 aromatic heterocycles. The number of esters is 1. The van der Waals surface area contributed by atoms with Crippen molar-refractivity contribution in [1.82, 2.24) is 10.3 Å². The van der Waals surface area contributed by atoms with Gasteiger partial charge in [-0.1, -0.05) is 0 Å². The van der Waals surface area contributed by atoms with Crippen molar-refractivity contribution >= 4 is 11.9 Å². The number of hydrogen-bond acceptors (Lipinski definition) is 5. The Morgan fingerprint density at radius 2 is 2.24 bits per heavy atom. The Morgan fingerprint density at radius 3 is 2.84 bits per heavy atom. The number of rotatable bonds is 4. The Hall–Kier alpha value is -2.84. The zero-order chi connectivity index (χ0) is 18.3. The molecule has 0 aromatic carbocycles. The number of hydrogen-bond donors (Lipinski definition) is 2. The first-order chi connectivity index (χ1) is 11.9. The molecule has 0 saturated carbocycles. The summed E-state index contributed by atoms with van der Waals surface area (Å²) >= 11 is 0. The van der Waals surface area contributed by atoms with Crippen molar-refractivity contribution in [2.75, 3.05) is 13.3 Å². The number of carbonyl (C=O) groups excluding carboxylic acids is 1. The quantitative estimate of drug-likeness (QED) is 0.805. The Kier molecular flexibility index (Phi) is 4.23. The summed E-state index contributed by atoms with van der Waals surface area (Å²) in [6, 6.07) is 0. The number of carboxylic acid groups (broad SMARTS) is 1. The van der Waals surface area contributed by atoms with E-state index >= 15 is 0 Å². The molecule has 1 unspecified atom stereocenters. The molecule has 9 heteroatoms. The minimum Gasteiger partial charge on any atom is -0.478 e. The average Bonchev–Trinajstić information content (AvgIpc) is 2.93. The average molecular weight is 354 g/mol. The van der Waals surface area contributed by atoms with Gasteiger partial charge in [-0.25, -0.2) is 22.8 Å². The zero-order valence-corrected chi connectivity index (χ0v) is 13.0. The van der Waals surface area contributed by atoms with Crippen LogP contribution in [0.25, 0.3) is 0 Å². The molecule has 132 valence electrons. The molecular weight excluding hydrogens is 341 g/mol. The van der Waals surface area contributed by atoms with Gasteiger partial charge in [-0.15, -0.1) is 0 Å². The number of allylic oxidation sites excluding steroid dienone is 1. The van der Waals surface area contributed by atoms with Gasteiger partial charge >= 0.3 is 11.9 Å². The van der Waals surface area contributed by atoms with Gasteiger partial charge in [0.15, 0.2) is 0 Å². The molecule has 3 rings (SSSR count). The van der Waals surface area contributed by atoms with E-state index in [0.29, 0.717) is 0 Å². The van der Waals surface area contributed by atoms with Gasteiger partial charge in [0, 0.05) is 11.8 Å². The molecule has 0 bridgehead atoms. The summed E-state index contributed by atoms with van der Waals surface area (Å²) in [5.74, 6) is -4.71. The number of cyclic esters (lactones) is 1. The van der Waals surface area contributed by atoms with Crippen LogP contribution in [-0.4, -0.2) is 35.3 Å². The lowest BCUT2D eigenvalue weighted by atomic mass is 9.79. The summed E-state index contributed by atoms with van der Waals surface area (Å²) < 4.78 is 46.4. The first-order valence-electron chi connectivity index (χ1n) is 7.33. The van der Waals surface area contributed by atoms with Gasteiger partial charge < -0.3 is 15.2 Å². The Morgan fingerprint density at radius 1 is 1.52 bits per heavy atom. The number of aromatic nitrogens is 1. The number of carbonyl (C=O) groups is 2. The van der Waals surface area contributed by atoms with Crippen LogP contribution < -0.4 is 5.32 Å². The molecule has 0 spiro atoms. The first-order valence-corrected chi connectivity index (χ1v) is 7.33. The third-order valence-corrected chi connectivity index (χ3v) is 4.14. The van der Waals surface area contributed by atoms with Crippen molar-refractivity contribution in [3.05, 3.63) is 51.9 Å². The van der Waals surface area contributed by atoms with Crippen molar-refractivity contribution in [2.45, 2.75) is 19.0 Å². The van der Waals surface area contributed by atoms with E-state index in [4.69, 9.17) is 4.74 Å². The number of nitrogens with zero attached hydrogens (tertiary/aromatic N) is 1. The first kappa shape index (κ1) is 17.0. The van der Waals surface area contributed by atoms with Crippen LogP contribution in [-0.2, 0) is 14.3 Å². The Bertz CT molecular complexity index is 833. The predicted octanol–water partition coefficient (Wildman–Crippen LogP) is 2.06. The fourth-order valence-electron chi connectivity index (χ4n) is 3.16. The zero-order valence-electron chi connectivity index (χ0n) is 13.0. The number of aliphatic carboxylic acids is 1. The molecule has 1 aromatic rings. The number of halogens is 3. The van der Waals surface area contributed by atoms with Crippen LogP contribution in [0.15, 0.2) is 34.9 Å². The van der Waals surface area contributed by atoms with E-state index in [1.807, 2.05) is 0 Å². The van der Waals surface area contributed by atoms with Crippen molar-refractivity contribution in [3.8, 4) is 0 Å². The molecule has 0 amide bonds. The van der Waals surface area contributed by atoms with Gasteiger partial charge in [0.1, 0.15) is 25.3 Å². The van der Waals surface area contributed by atoms with Gasteiger partial charge in [-0.05, 0) is 12.5 Å². The monoisotopic (exact) mass is 354 g/mol. The van der Waals surface area contributed by atoms with E-state index in [2.05, 4.69) is 10.3 Å². The lowest BCUT2D eigenvalue weighted by Crippen LogP contribution is -2.32. The van der Waals surface area contributed by atoms with Crippen molar-refractivity contribution in [3.63, 3.8) is 0 Å². The Labute approximate surface area is 140 Å². The smallest absolute Gasteiger partial charge is 0.337 e. The summed E-state index contributed by atoms with van der Waals surface area (Å²) in [7, 11) is 0. The predicted molar refractivity (Wildman–Crippen MR) is 78.2 cm³/mol. The maximum Gasteiger partial charge on any atom is 0.337 e. The van der Waals surface area contributed by atoms with Crippen LogP contribution in [0.4, 0.5) is 13.2 Å². The minimum atomic E-state index is -1.79. The second-order valence-electron chi connectivity index (χ2n) is 5.60. The molecule has 25 heavy (non-hydrogen) atoms. The van der Waals surface area contributed by atoms with Crippen molar-refractivity contribution in [1.29, 1.82) is 0 Å². The fraction of sp³-hybridized carbons (Fsp3) is 0.312. The summed E-state index contributed by atoms with van der Waals surface area (Å²) in [5, 5.41) is 12.1. The topological polar surface area (TPSA) is 88.5 Å². The molecule has 2 aliphatic heterocycles.